The van der Waals surface area contributed by atoms with E-state index in [9.17, 15) is 0 Å². The maximum atomic E-state index is 15.2. The highest BCUT2D eigenvalue weighted by molar-refractivity contribution is 5.85. The lowest BCUT2D eigenvalue weighted by Gasteiger charge is -2.36. The zero-order valence-electron chi connectivity index (χ0n) is 20.1. The third-order valence-electron chi connectivity index (χ3n) is 7.00. The van der Waals surface area contributed by atoms with Crippen molar-refractivity contribution in [3.63, 3.8) is 0 Å². The van der Waals surface area contributed by atoms with E-state index in [-0.39, 0.29) is 11.7 Å². The minimum absolute atomic E-state index is 0.159. The van der Waals surface area contributed by atoms with Gasteiger partial charge in [-0.3, -0.25) is 9.38 Å². The Balaban J connectivity index is 1.52. The average molecular weight is 446 g/mol. The van der Waals surface area contributed by atoms with Crippen molar-refractivity contribution in [3.8, 4) is 11.1 Å². The molecule has 3 heterocycles. The molecule has 0 bridgehead atoms. The van der Waals surface area contributed by atoms with E-state index in [2.05, 4.69) is 53.2 Å². The monoisotopic (exact) mass is 445 g/mol. The summed E-state index contributed by atoms with van der Waals surface area (Å²) in [6, 6.07) is 12.4. The van der Waals surface area contributed by atoms with Gasteiger partial charge in [0.2, 0.25) is 0 Å². The highest BCUT2D eigenvalue weighted by atomic mass is 19.1. The van der Waals surface area contributed by atoms with Gasteiger partial charge in [-0.25, -0.2) is 9.37 Å². The Morgan fingerprint density at radius 2 is 1.70 bits per heavy atom. The molecule has 5 nitrogen and oxygen atoms in total. The number of imidazole rings is 1. The van der Waals surface area contributed by atoms with Crippen molar-refractivity contribution in [2.75, 3.05) is 32.1 Å². The molecule has 0 unspecified atom stereocenters. The molecule has 0 saturated carbocycles. The van der Waals surface area contributed by atoms with Gasteiger partial charge in [0.15, 0.2) is 0 Å². The van der Waals surface area contributed by atoms with Crippen molar-refractivity contribution in [3.05, 3.63) is 59.9 Å². The summed E-state index contributed by atoms with van der Waals surface area (Å²) in [4.78, 5) is 13.9. The number of hydrogen-bond acceptors (Lipinski definition) is 4. The molecular formula is C27H32FN5. The van der Waals surface area contributed by atoms with Gasteiger partial charge in [-0.2, -0.15) is 0 Å². The molecule has 0 aliphatic carbocycles. The minimum Gasteiger partial charge on any atom is -0.369 e. The van der Waals surface area contributed by atoms with Crippen LogP contribution in [-0.2, 0) is 0 Å². The summed E-state index contributed by atoms with van der Waals surface area (Å²) in [5.74, 6) is 1.15. The first-order valence-corrected chi connectivity index (χ1v) is 11.8. The number of anilines is 1. The lowest BCUT2D eigenvalue weighted by Crippen LogP contribution is -2.42. The smallest absolute Gasteiger partial charge is 0.147 e. The fourth-order valence-corrected chi connectivity index (χ4v) is 5.04. The number of aromatic nitrogens is 3. The van der Waals surface area contributed by atoms with Gasteiger partial charge in [0.25, 0.3) is 0 Å². The molecule has 0 N–H and O–H groups in total. The van der Waals surface area contributed by atoms with Crippen molar-refractivity contribution in [2.24, 2.45) is 0 Å². The average Bonchev–Trinajstić information content (AvgIpc) is 3.16. The van der Waals surface area contributed by atoms with Gasteiger partial charge in [-0.05, 0) is 69.3 Å². The quantitative estimate of drug-likeness (QED) is 0.407. The van der Waals surface area contributed by atoms with Crippen molar-refractivity contribution in [1.29, 1.82) is 0 Å². The van der Waals surface area contributed by atoms with Crippen LogP contribution < -0.4 is 4.90 Å². The minimum atomic E-state index is -0.159. The molecule has 0 spiro atoms. The van der Waals surface area contributed by atoms with Crippen LogP contribution in [-0.4, -0.2) is 52.5 Å². The molecule has 1 aliphatic heterocycles. The predicted molar refractivity (Wildman–Crippen MR) is 134 cm³/mol. The maximum Gasteiger partial charge on any atom is 0.147 e. The third-order valence-corrected chi connectivity index (χ3v) is 7.00. The second-order valence-electron chi connectivity index (χ2n) is 9.74. The molecule has 5 rings (SSSR count). The number of benzene rings is 2. The van der Waals surface area contributed by atoms with Gasteiger partial charge in [-0.15, -0.1) is 0 Å². The van der Waals surface area contributed by atoms with Crippen LogP contribution in [0.5, 0.6) is 0 Å². The summed E-state index contributed by atoms with van der Waals surface area (Å²) < 4.78 is 17.4. The molecule has 0 atom stereocenters. The number of hydrogen-bond donors (Lipinski definition) is 0. The van der Waals surface area contributed by atoms with E-state index in [1.807, 2.05) is 37.4 Å². The van der Waals surface area contributed by atoms with E-state index in [1.165, 1.54) is 0 Å². The Hall–Kier alpha value is -2.99. The van der Waals surface area contributed by atoms with Crippen molar-refractivity contribution >= 4 is 22.2 Å². The summed E-state index contributed by atoms with van der Waals surface area (Å²) in [5.41, 5.74) is 6.47. The summed E-state index contributed by atoms with van der Waals surface area (Å²) in [6.45, 7) is 8.10. The van der Waals surface area contributed by atoms with Gasteiger partial charge in [0, 0.05) is 25.0 Å². The molecule has 6 heteroatoms. The predicted octanol–water partition coefficient (Wildman–Crippen LogP) is 5.65. The molecule has 33 heavy (non-hydrogen) atoms. The largest absolute Gasteiger partial charge is 0.369 e. The number of nitrogens with zero attached hydrogens (tertiary/aromatic N) is 5. The maximum absolute atomic E-state index is 15.2. The fourth-order valence-electron chi connectivity index (χ4n) is 5.04. The third kappa shape index (κ3) is 3.86. The summed E-state index contributed by atoms with van der Waals surface area (Å²) in [5, 5.41) is 0. The molecule has 1 aliphatic rings. The summed E-state index contributed by atoms with van der Waals surface area (Å²) in [7, 11) is 4.25. The first-order valence-electron chi connectivity index (χ1n) is 11.8. The molecule has 0 radical (unpaired) electrons. The Labute approximate surface area is 194 Å². The normalized spacial score (nSPS) is 15.5. The van der Waals surface area contributed by atoms with E-state index in [0.29, 0.717) is 11.7 Å². The van der Waals surface area contributed by atoms with Crippen molar-refractivity contribution in [2.45, 2.75) is 45.6 Å². The van der Waals surface area contributed by atoms with E-state index in [0.717, 1.165) is 65.1 Å². The van der Waals surface area contributed by atoms with Gasteiger partial charge < -0.3 is 9.80 Å². The molecule has 2 aromatic carbocycles. The van der Waals surface area contributed by atoms with Gasteiger partial charge in [0.1, 0.15) is 11.6 Å². The summed E-state index contributed by atoms with van der Waals surface area (Å²) in [6.07, 6.45) is 4.01. The first-order chi connectivity index (χ1) is 15.8. The molecule has 1 saturated heterocycles. The lowest BCUT2D eigenvalue weighted by atomic mass is 10.0. The number of halogens is 1. The molecule has 1 fully saturated rings. The SMILES string of the molecule is Cc1nc(C(C)C)n2c1cnc1ccc(-c3ccc(N4CCC(N(C)C)CC4)c(F)c3)cc12. The van der Waals surface area contributed by atoms with Crippen LogP contribution in [0.25, 0.3) is 27.7 Å². The first kappa shape index (κ1) is 21.8. The van der Waals surface area contributed by atoms with Crippen LogP contribution in [0.3, 0.4) is 0 Å². The highest BCUT2D eigenvalue weighted by Crippen LogP contribution is 2.31. The van der Waals surface area contributed by atoms with Crippen molar-refractivity contribution < 1.29 is 4.39 Å². The fraction of sp³-hybridized carbons (Fsp3) is 0.407. The Morgan fingerprint density at radius 1 is 1.00 bits per heavy atom. The number of aryl methyl sites for hydroxylation is 1. The Kier molecular flexibility index (Phi) is 5.57. The molecule has 0 amide bonds. The topological polar surface area (TPSA) is 36.7 Å². The lowest BCUT2D eigenvalue weighted by molar-refractivity contribution is 0.249. The standard InChI is InChI=1S/C27H32FN5/c1-17(2)27-30-18(3)26-16-29-23-8-6-20(15-25(23)33(26)27)19-7-9-24(22(28)14-19)32-12-10-21(11-13-32)31(4)5/h6-9,14-17,21H,10-13H2,1-5H3. The van der Waals surface area contributed by atoms with Gasteiger partial charge in [0.05, 0.1) is 34.1 Å². The highest BCUT2D eigenvalue weighted by Gasteiger charge is 2.23. The second kappa shape index (κ2) is 8.41. The zero-order valence-corrected chi connectivity index (χ0v) is 20.1. The molecular weight excluding hydrogens is 413 g/mol. The van der Waals surface area contributed by atoms with Gasteiger partial charge >= 0.3 is 0 Å². The number of rotatable bonds is 4. The van der Waals surface area contributed by atoms with E-state index >= 15 is 4.39 Å². The van der Waals surface area contributed by atoms with Crippen LogP contribution in [0.2, 0.25) is 0 Å². The second-order valence-corrected chi connectivity index (χ2v) is 9.74. The van der Waals surface area contributed by atoms with Crippen LogP contribution in [0, 0.1) is 12.7 Å². The zero-order chi connectivity index (χ0) is 23.3. The van der Waals surface area contributed by atoms with Crippen LogP contribution in [0.1, 0.15) is 44.1 Å². The van der Waals surface area contributed by atoms with Crippen LogP contribution in [0.4, 0.5) is 10.1 Å². The Morgan fingerprint density at radius 3 is 2.36 bits per heavy atom. The van der Waals surface area contributed by atoms with Crippen LogP contribution >= 0.6 is 0 Å². The van der Waals surface area contributed by atoms with Gasteiger partial charge in [-0.1, -0.05) is 26.0 Å². The molecule has 2 aromatic heterocycles. The number of piperidine rings is 1. The number of fused-ring (bicyclic) bond motifs is 3. The summed E-state index contributed by atoms with van der Waals surface area (Å²) >= 11 is 0. The Bertz CT molecular complexity index is 1320. The van der Waals surface area contributed by atoms with E-state index < -0.39 is 0 Å². The van der Waals surface area contributed by atoms with E-state index in [1.54, 1.807) is 6.07 Å². The van der Waals surface area contributed by atoms with E-state index in [4.69, 9.17) is 4.98 Å². The van der Waals surface area contributed by atoms with Crippen LogP contribution in [0.15, 0.2) is 42.6 Å². The molecule has 4 aromatic rings. The molecule has 172 valence electrons. The van der Waals surface area contributed by atoms with Crippen molar-refractivity contribution in [1.82, 2.24) is 19.3 Å².